The molecule has 0 bridgehead atoms. The van der Waals surface area contributed by atoms with E-state index in [1.807, 2.05) is 27.7 Å². The smallest absolute Gasteiger partial charge is 0.233 e. The summed E-state index contributed by atoms with van der Waals surface area (Å²) in [7, 11) is 0. The van der Waals surface area contributed by atoms with Crippen LogP contribution in [0, 0.1) is 5.82 Å². The lowest BCUT2D eigenvalue weighted by Crippen LogP contribution is -2.49. The highest BCUT2D eigenvalue weighted by Crippen LogP contribution is 2.27. The highest BCUT2D eigenvalue weighted by molar-refractivity contribution is 7.99. The second kappa shape index (κ2) is 10.5. The Labute approximate surface area is 202 Å². The number of carbonyl (C=O) groups excluding carboxylic acids is 1. The molecule has 2 saturated heterocycles. The van der Waals surface area contributed by atoms with Crippen molar-refractivity contribution in [3.8, 4) is 11.4 Å². The van der Waals surface area contributed by atoms with Gasteiger partial charge in [-0.05, 0) is 49.2 Å². The minimum absolute atomic E-state index is 0.0840. The number of carbonyl (C=O) groups is 1. The van der Waals surface area contributed by atoms with Crippen LogP contribution in [-0.2, 0) is 16.1 Å². The molecule has 10 heteroatoms. The molecule has 1 unspecified atom stereocenters. The minimum Gasteiger partial charge on any atom is -0.376 e. The fourth-order valence-corrected chi connectivity index (χ4v) is 5.16. The van der Waals surface area contributed by atoms with Gasteiger partial charge in [-0.2, -0.15) is 0 Å². The fraction of sp³-hybridized carbons (Fsp3) is 0.417. The molecule has 3 aromatic rings. The lowest BCUT2D eigenvalue weighted by Gasteiger charge is -2.35. The summed E-state index contributed by atoms with van der Waals surface area (Å²) in [5, 5.41) is 9.41. The lowest BCUT2D eigenvalue weighted by molar-refractivity contribution is -0.128. The molecule has 0 N–H and O–H groups in total. The number of amides is 1. The monoisotopic (exact) mass is 482 g/mol. The van der Waals surface area contributed by atoms with E-state index in [2.05, 4.69) is 20.1 Å². The van der Waals surface area contributed by atoms with Gasteiger partial charge in [-0.25, -0.2) is 9.37 Å². The van der Waals surface area contributed by atoms with Crippen molar-refractivity contribution in [1.82, 2.24) is 24.6 Å². The third kappa shape index (κ3) is 5.23. The number of piperazine rings is 1. The van der Waals surface area contributed by atoms with E-state index in [1.165, 1.54) is 23.9 Å². The number of hydrogen-bond donors (Lipinski definition) is 0. The Hall–Kier alpha value is -2.98. The number of aromatic nitrogens is 4. The summed E-state index contributed by atoms with van der Waals surface area (Å²) >= 11 is 1.39. The molecule has 1 aromatic carbocycles. The van der Waals surface area contributed by atoms with Gasteiger partial charge in [0.1, 0.15) is 11.6 Å². The molecule has 2 aromatic heterocycles. The molecule has 2 aliphatic heterocycles. The van der Waals surface area contributed by atoms with Crippen LogP contribution in [-0.4, -0.2) is 75.2 Å². The molecule has 178 valence electrons. The molecule has 2 fully saturated rings. The first kappa shape index (κ1) is 22.8. The third-order valence-electron chi connectivity index (χ3n) is 6.16. The van der Waals surface area contributed by atoms with Gasteiger partial charge in [0.15, 0.2) is 11.0 Å². The van der Waals surface area contributed by atoms with E-state index in [1.54, 1.807) is 18.3 Å². The number of hydrogen-bond acceptors (Lipinski definition) is 7. The summed E-state index contributed by atoms with van der Waals surface area (Å²) in [6.07, 6.45) is 3.88. The summed E-state index contributed by atoms with van der Waals surface area (Å²) < 4.78 is 21.3. The Morgan fingerprint density at radius 3 is 2.62 bits per heavy atom. The highest BCUT2D eigenvalue weighted by Gasteiger charge is 2.25. The zero-order chi connectivity index (χ0) is 23.3. The summed E-state index contributed by atoms with van der Waals surface area (Å²) in [5.74, 6) is 1.68. The predicted octanol–water partition coefficient (Wildman–Crippen LogP) is 3.10. The van der Waals surface area contributed by atoms with E-state index in [0.29, 0.717) is 30.6 Å². The van der Waals surface area contributed by atoms with Gasteiger partial charge in [0.25, 0.3) is 0 Å². The molecular formula is C24H27FN6O2S. The minimum atomic E-state index is -0.294. The molecule has 1 atom stereocenters. The SMILES string of the molecule is O=C(CSc1nnc(-c2ccc(F)cc2)n1CC1CCCO1)N1CCN(c2ccccn2)CC1. The third-order valence-corrected chi connectivity index (χ3v) is 7.11. The average Bonchev–Trinajstić information content (AvgIpc) is 3.54. The van der Waals surface area contributed by atoms with Gasteiger partial charge in [0, 0.05) is 44.5 Å². The molecular weight excluding hydrogens is 455 g/mol. The number of anilines is 1. The first-order valence-electron chi connectivity index (χ1n) is 11.5. The van der Waals surface area contributed by atoms with Crippen LogP contribution < -0.4 is 4.90 Å². The Morgan fingerprint density at radius 2 is 1.91 bits per heavy atom. The maximum Gasteiger partial charge on any atom is 0.233 e. The largest absolute Gasteiger partial charge is 0.376 e. The van der Waals surface area contributed by atoms with Crippen molar-refractivity contribution in [3.05, 3.63) is 54.5 Å². The van der Waals surface area contributed by atoms with Crippen LogP contribution in [0.4, 0.5) is 10.2 Å². The summed E-state index contributed by atoms with van der Waals surface area (Å²) in [6.45, 7) is 4.22. The lowest BCUT2D eigenvalue weighted by atomic mass is 10.2. The van der Waals surface area contributed by atoms with Crippen molar-refractivity contribution >= 4 is 23.5 Å². The maximum absolute atomic E-state index is 13.4. The molecule has 8 nitrogen and oxygen atoms in total. The van der Waals surface area contributed by atoms with E-state index in [9.17, 15) is 9.18 Å². The molecule has 0 aliphatic carbocycles. The molecule has 0 saturated carbocycles. The van der Waals surface area contributed by atoms with Crippen LogP contribution in [0.5, 0.6) is 0 Å². The molecule has 4 heterocycles. The number of pyridine rings is 1. The van der Waals surface area contributed by atoms with E-state index < -0.39 is 0 Å². The van der Waals surface area contributed by atoms with Crippen LogP contribution in [0.3, 0.4) is 0 Å². The van der Waals surface area contributed by atoms with Gasteiger partial charge >= 0.3 is 0 Å². The fourth-order valence-electron chi connectivity index (χ4n) is 4.31. The van der Waals surface area contributed by atoms with Crippen molar-refractivity contribution in [2.24, 2.45) is 0 Å². The number of thioether (sulfide) groups is 1. The summed E-state index contributed by atoms with van der Waals surface area (Å²) in [5.41, 5.74) is 0.788. The maximum atomic E-state index is 13.4. The standard InChI is InChI=1S/C24H27FN6O2S/c25-19-8-6-18(7-9-19)23-27-28-24(31(23)16-20-4-3-15-33-20)34-17-22(32)30-13-11-29(12-14-30)21-5-1-2-10-26-21/h1-2,5-10,20H,3-4,11-17H2. The van der Waals surface area contributed by atoms with E-state index in [0.717, 1.165) is 43.9 Å². The van der Waals surface area contributed by atoms with Crippen molar-refractivity contribution in [3.63, 3.8) is 0 Å². The van der Waals surface area contributed by atoms with Crippen molar-refractivity contribution < 1.29 is 13.9 Å². The molecule has 34 heavy (non-hydrogen) atoms. The van der Waals surface area contributed by atoms with Crippen LogP contribution in [0.2, 0.25) is 0 Å². The molecule has 1 amide bonds. The zero-order valence-electron chi connectivity index (χ0n) is 18.8. The molecule has 2 aliphatic rings. The van der Waals surface area contributed by atoms with Gasteiger partial charge in [-0.3, -0.25) is 9.36 Å². The highest BCUT2D eigenvalue weighted by atomic mass is 32.2. The predicted molar refractivity (Wildman–Crippen MR) is 128 cm³/mol. The van der Waals surface area contributed by atoms with E-state index >= 15 is 0 Å². The number of benzene rings is 1. The number of ether oxygens (including phenoxy) is 1. The Morgan fingerprint density at radius 1 is 1.09 bits per heavy atom. The van der Waals surface area contributed by atoms with Gasteiger partial charge < -0.3 is 14.5 Å². The van der Waals surface area contributed by atoms with Crippen LogP contribution in [0.25, 0.3) is 11.4 Å². The number of nitrogens with zero attached hydrogens (tertiary/aromatic N) is 6. The molecule has 0 spiro atoms. The van der Waals surface area contributed by atoms with Crippen molar-refractivity contribution in [2.75, 3.05) is 43.4 Å². The topological polar surface area (TPSA) is 76.4 Å². The Balaban J connectivity index is 1.24. The van der Waals surface area contributed by atoms with E-state index in [-0.39, 0.29) is 23.6 Å². The van der Waals surface area contributed by atoms with Crippen LogP contribution in [0.15, 0.2) is 53.8 Å². The van der Waals surface area contributed by atoms with Crippen LogP contribution >= 0.6 is 11.8 Å². The van der Waals surface area contributed by atoms with Gasteiger partial charge in [0.2, 0.25) is 5.91 Å². The Bertz CT molecular complexity index is 1100. The quantitative estimate of drug-likeness (QED) is 0.479. The second-order valence-electron chi connectivity index (χ2n) is 8.40. The van der Waals surface area contributed by atoms with Crippen LogP contribution in [0.1, 0.15) is 12.8 Å². The Kier molecular flexibility index (Phi) is 7.05. The van der Waals surface area contributed by atoms with Crippen molar-refractivity contribution in [1.29, 1.82) is 0 Å². The summed E-state index contributed by atoms with van der Waals surface area (Å²) in [4.78, 5) is 21.4. The van der Waals surface area contributed by atoms with Gasteiger partial charge in [0.05, 0.1) is 18.4 Å². The zero-order valence-corrected chi connectivity index (χ0v) is 19.7. The second-order valence-corrected chi connectivity index (χ2v) is 9.35. The van der Waals surface area contributed by atoms with E-state index in [4.69, 9.17) is 4.74 Å². The number of rotatable bonds is 7. The molecule has 0 radical (unpaired) electrons. The molecule has 5 rings (SSSR count). The number of halogens is 1. The summed E-state index contributed by atoms with van der Waals surface area (Å²) in [6, 6.07) is 12.1. The van der Waals surface area contributed by atoms with Gasteiger partial charge in [-0.15, -0.1) is 10.2 Å². The van der Waals surface area contributed by atoms with Gasteiger partial charge in [-0.1, -0.05) is 17.8 Å². The van der Waals surface area contributed by atoms with Crippen molar-refractivity contribution in [2.45, 2.75) is 30.6 Å². The first-order valence-corrected chi connectivity index (χ1v) is 12.5. The first-order chi connectivity index (χ1) is 16.7. The average molecular weight is 483 g/mol. The normalized spacial score (nSPS) is 18.4.